The van der Waals surface area contributed by atoms with E-state index in [1.54, 1.807) is 24.3 Å². The molecule has 0 atom stereocenters. The van der Waals surface area contributed by atoms with Crippen molar-refractivity contribution in [2.45, 2.75) is 13.1 Å². The first-order valence-electron chi connectivity index (χ1n) is 5.84. The maximum Gasteiger partial charge on any atom is 0.454 e. The van der Waals surface area contributed by atoms with Crippen LogP contribution in [0, 0.1) is 11.6 Å². The fourth-order valence-electron chi connectivity index (χ4n) is 1.65. The number of rotatable bonds is 4. The summed E-state index contributed by atoms with van der Waals surface area (Å²) in [5.74, 6) is 0.0854. The Kier molecular flexibility index (Phi) is 3.85. The van der Waals surface area contributed by atoms with Crippen molar-refractivity contribution in [2.24, 2.45) is 0 Å². The van der Waals surface area contributed by atoms with Gasteiger partial charge < -0.3 is 8.85 Å². The molecular formula is C14H14F2O2Si. The summed E-state index contributed by atoms with van der Waals surface area (Å²) in [5, 5.41) is 0. The molecule has 0 aliphatic carbocycles. The zero-order chi connectivity index (χ0) is 13.9. The Morgan fingerprint density at radius 1 is 0.789 bits per heavy atom. The first-order chi connectivity index (χ1) is 8.94. The third kappa shape index (κ3) is 4.06. The second kappa shape index (κ2) is 5.40. The Morgan fingerprint density at radius 3 is 1.58 bits per heavy atom. The molecule has 2 aromatic carbocycles. The van der Waals surface area contributed by atoms with Crippen molar-refractivity contribution >= 4 is 8.56 Å². The molecule has 0 amide bonds. The topological polar surface area (TPSA) is 18.5 Å². The predicted octanol–water partition coefficient (Wildman–Crippen LogP) is 4.12. The summed E-state index contributed by atoms with van der Waals surface area (Å²) in [6, 6.07) is 11.7. The lowest BCUT2D eigenvalue weighted by molar-refractivity contribution is 0.396. The van der Waals surface area contributed by atoms with Crippen LogP contribution in [0.4, 0.5) is 8.78 Å². The van der Waals surface area contributed by atoms with E-state index in [-0.39, 0.29) is 11.6 Å². The van der Waals surface area contributed by atoms with Crippen molar-refractivity contribution in [3.63, 3.8) is 0 Å². The molecule has 0 spiro atoms. The van der Waals surface area contributed by atoms with Crippen molar-refractivity contribution in [1.29, 1.82) is 0 Å². The van der Waals surface area contributed by atoms with Gasteiger partial charge in [-0.1, -0.05) is 12.1 Å². The third-order valence-corrected chi connectivity index (χ3v) is 3.77. The largest absolute Gasteiger partial charge is 0.512 e. The Morgan fingerprint density at radius 2 is 1.21 bits per heavy atom. The SMILES string of the molecule is C[Si](C)(Oc1cccc(F)c1)Oc1cccc(F)c1. The highest BCUT2D eigenvalue weighted by molar-refractivity contribution is 6.66. The Balaban J connectivity index is 2.10. The minimum Gasteiger partial charge on any atom is -0.512 e. The van der Waals surface area contributed by atoms with Gasteiger partial charge in [-0.3, -0.25) is 0 Å². The summed E-state index contributed by atoms with van der Waals surface area (Å²) < 4.78 is 37.5. The van der Waals surface area contributed by atoms with E-state index in [2.05, 4.69) is 0 Å². The fourth-order valence-corrected chi connectivity index (χ4v) is 3.08. The van der Waals surface area contributed by atoms with E-state index in [9.17, 15) is 8.78 Å². The molecular weight excluding hydrogens is 266 g/mol. The van der Waals surface area contributed by atoms with Gasteiger partial charge in [-0.05, 0) is 24.3 Å². The molecule has 0 bridgehead atoms. The van der Waals surface area contributed by atoms with Crippen LogP contribution in [0.5, 0.6) is 11.5 Å². The van der Waals surface area contributed by atoms with Crippen LogP contribution in [0.25, 0.3) is 0 Å². The Hall–Kier alpha value is -1.88. The molecule has 0 aromatic heterocycles. The van der Waals surface area contributed by atoms with Crippen LogP contribution in [0.15, 0.2) is 48.5 Å². The van der Waals surface area contributed by atoms with Gasteiger partial charge in [0.15, 0.2) is 0 Å². The van der Waals surface area contributed by atoms with Gasteiger partial charge in [-0.15, -0.1) is 0 Å². The summed E-state index contributed by atoms with van der Waals surface area (Å²) in [6.07, 6.45) is 0. The predicted molar refractivity (Wildman–Crippen MR) is 71.5 cm³/mol. The summed E-state index contributed by atoms with van der Waals surface area (Å²) in [7, 11) is -2.56. The molecule has 0 N–H and O–H groups in total. The summed E-state index contributed by atoms with van der Waals surface area (Å²) in [4.78, 5) is 0. The van der Waals surface area contributed by atoms with Crippen LogP contribution in [-0.2, 0) is 0 Å². The van der Waals surface area contributed by atoms with Gasteiger partial charge in [0.1, 0.15) is 23.1 Å². The van der Waals surface area contributed by atoms with E-state index >= 15 is 0 Å². The van der Waals surface area contributed by atoms with Gasteiger partial charge in [-0.25, -0.2) is 8.78 Å². The highest BCUT2D eigenvalue weighted by Crippen LogP contribution is 2.21. The normalized spacial score (nSPS) is 11.2. The molecule has 0 aliphatic rings. The lowest BCUT2D eigenvalue weighted by Crippen LogP contribution is -2.41. The average molecular weight is 280 g/mol. The second-order valence-corrected chi connectivity index (χ2v) is 7.73. The molecule has 0 fully saturated rings. The molecule has 5 heteroatoms. The third-order valence-electron chi connectivity index (χ3n) is 2.32. The van der Waals surface area contributed by atoms with Crippen LogP contribution in [0.3, 0.4) is 0 Å². The quantitative estimate of drug-likeness (QED) is 0.784. The highest BCUT2D eigenvalue weighted by atomic mass is 28.4. The molecule has 0 radical (unpaired) electrons. The monoisotopic (exact) mass is 280 g/mol. The lowest BCUT2D eigenvalue weighted by Gasteiger charge is -2.24. The number of benzene rings is 2. The van der Waals surface area contributed by atoms with Crippen LogP contribution in [-0.4, -0.2) is 8.56 Å². The van der Waals surface area contributed by atoms with E-state index < -0.39 is 8.56 Å². The summed E-state index contributed by atoms with van der Waals surface area (Å²) in [5.41, 5.74) is 0. The Bertz CT molecular complexity index is 523. The minimum absolute atomic E-state index is 0.368. The first-order valence-corrected chi connectivity index (χ1v) is 8.65. The van der Waals surface area contributed by atoms with Gasteiger partial charge >= 0.3 is 8.56 Å². The lowest BCUT2D eigenvalue weighted by atomic mass is 10.3. The molecule has 0 unspecified atom stereocenters. The van der Waals surface area contributed by atoms with Crippen molar-refractivity contribution in [1.82, 2.24) is 0 Å². The summed E-state index contributed by atoms with van der Waals surface area (Å²) in [6.45, 7) is 3.62. The highest BCUT2D eigenvalue weighted by Gasteiger charge is 2.29. The molecule has 0 aliphatic heterocycles. The maximum atomic E-state index is 13.1. The van der Waals surface area contributed by atoms with Crippen molar-refractivity contribution < 1.29 is 17.6 Å². The Labute approximate surface area is 111 Å². The standard InChI is InChI=1S/C14H14F2O2Si/c1-19(2,17-13-7-3-5-11(15)9-13)18-14-8-4-6-12(16)10-14/h3-10H,1-2H3. The smallest absolute Gasteiger partial charge is 0.454 e. The number of halogens is 2. The van der Waals surface area contributed by atoms with Gasteiger partial charge in [0.2, 0.25) is 0 Å². The first kappa shape index (κ1) is 13.5. The zero-order valence-corrected chi connectivity index (χ0v) is 11.7. The van der Waals surface area contributed by atoms with Gasteiger partial charge in [0, 0.05) is 25.2 Å². The number of hydrogen-bond donors (Lipinski definition) is 0. The second-order valence-electron chi connectivity index (χ2n) is 4.52. The average Bonchev–Trinajstić information content (AvgIpc) is 2.27. The minimum atomic E-state index is -2.56. The van der Waals surface area contributed by atoms with E-state index in [4.69, 9.17) is 8.85 Å². The molecule has 0 saturated carbocycles. The van der Waals surface area contributed by atoms with Crippen LogP contribution >= 0.6 is 0 Å². The van der Waals surface area contributed by atoms with Crippen molar-refractivity contribution in [2.75, 3.05) is 0 Å². The molecule has 0 saturated heterocycles. The van der Waals surface area contributed by atoms with Crippen LogP contribution in [0.2, 0.25) is 13.1 Å². The van der Waals surface area contributed by atoms with Crippen LogP contribution < -0.4 is 8.85 Å². The maximum absolute atomic E-state index is 13.1. The molecule has 2 aromatic rings. The number of hydrogen-bond acceptors (Lipinski definition) is 2. The van der Waals surface area contributed by atoms with Gasteiger partial charge in [-0.2, -0.15) is 0 Å². The van der Waals surface area contributed by atoms with Gasteiger partial charge in [0.25, 0.3) is 0 Å². The van der Waals surface area contributed by atoms with E-state index in [1.165, 1.54) is 24.3 Å². The molecule has 19 heavy (non-hydrogen) atoms. The fraction of sp³-hybridized carbons (Fsp3) is 0.143. The molecule has 2 nitrogen and oxygen atoms in total. The molecule has 2 rings (SSSR count). The molecule has 0 heterocycles. The van der Waals surface area contributed by atoms with E-state index in [1.807, 2.05) is 13.1 Å². The van der Waals surface area contributed by atoms with E-state index in [0.717, 1.165) is 0 Å². The van der Waals surface area contributed by atoms with Gasteiger partial charge in [0.05, 0.1) is 0 Å². The zero-order valence-electron chi connectivity index (χ0n) is 10.7. The van der Waals surface area contributed by atoms with Crippen molar-refractivity contribution in [3.8, 4) is 11.5 Å². The molecule has 100 valence electrons. The summed E-state index contributed by atoms with van der Waals surface area (Å²) >= 11 is 0. The van der Waals surface area contributed by atoms with E-state index in [0.29, 0.717) is 11.5 Å². The van der Waals surface area contributed by atoms with Crippen LogP contribution in [0.1, 0.15) is 0 Å². The van der Waals surface area contributed by atoms with Crippen molar-refractivity contribution in [3.05, 3.63) is 60.2 Å².